The number of para-hydroxylation sites is 2. The number of rotatable bonds is 12. The molecule has 3 aromatic rings. The fourth-order valence-electron chi connectivity index (χ4n) is 4.52. The van der Waals surface area contributed by atoms with Crippen molar-refractivity contribution >= 4 is 35.7 Å². The van der Waals surface area contributed by atoms with E-state index in [1.165, 1.54) is 11.1 Å². The third-order valence-electron chi connectivity index (χ3n) is 6.24. The van der Waals surface area contributed by atoms with Crippen LogP contribution in [0.3, 0.4) is 0 Å². The summed E-state index contributed by atoms with van der Waals surface area (Å²) >= 11 is 0. The van der Waals surface area contributed by atoms with Crippen molar-refractivity contribution < 1.29 is 46.8 Å². The van der Waals surface area contributed by atoms with E-state index in [0.717, 1.165) is 87.5 Å². The molecule has 3 aromatic carbocycles. The molecule has 2 N–H and O–H groups in total. The summed E-state index contributed by atoms with van der Waals surface area (Å²) in [5, 5.41) is 39.4. The summed E-state index contributed by atoms with van der Waals surface area (Å²) in [6.07, 6.45) is 11.2. The Bertz CT molecular complexity index is 1300. The Morgan fingerprint density at radius 3 is 1.24 bits per heavy atom. The molecule has 0 amide bonds. The van der Waals surface area contributed by atoms with Crippen molar-refractivity contribution in [2.75, 3.05) is 0 Å². The van der Waals surface area contributed by atoms with Gasteiger partial charge in [-0.05, 0) is 86.1 Å². The number of carbonyl (C=O) groups excluding carboxylic acids is 2. The van der Waals surface area contributed by atoms with Crippen molar-refractivity contribution in [3.05, 3.63) is 81.9 Å². The number of carboxylic acid groups (broad SMARTS) is 2. The van der Waals surface area contributed by atoms with Crippen LogP contribution in [0.2, 0.25) is 0 Å². The SMILES string of the molecule is CC(=O)[O-].CC(=O)[O-].CCCc1cc(C=Nc2ccccc2N=Cc2cc(CCC)cc(CCC)c2O)c(O)c(CCC)c1.[Co+2]. The first-order valence-corrected chi connectivity index (χ1v) is 15.2. The molecule has 0 aliphatic heterocycles. The summed E-state index contributed by atoms with van der Waals surface area (Å²) < 4.78 is 0. The van der Waals surface area contributed by atoms with Gasteiger partial charge in [0.05, 0.1) is 11.4 Å². The summed E-state index contributed by atoms with van der Waals surface area (Å²) in [5.74, 6) is -1.55. The van der Waals surface area contributed by atoms with Crippen molar-refractivity contribution in [3.8, 4) is 11.5 Å². The van der Waals surface area contributed by atoms with Crippen LogP contribution in [0.1, 0.15) is 101 Å². The van der Waals surface area contributed by atoms with E-state index >= 15 is 0 Å². The predicted molar refractivity (Wildman–Crippen MR) is 175 cm³/mol. The van der Waals surface area contributed by atoms with Crippen LogP contribution < -0.4 is 10.2 Å². The molecule has 3 rings (SSSR count). The molecule has 0 saturated heterocycles. The summed E-state index contributed by atoms with van der Waals surface area (Å²) in [4.78, 5) is 27.2. The van der Waals surface area contributed by atoms with E-state index in [-0.39, 0.29) is 16.8 Å². The van der Waals surface area contributed by atoms with Gasteiger partial charge in [-0.25, -0.2) is 0 Å². The monoisotopic (exact) mass is 661 g/mol. The Hall–Kier alpha value is -3.95. The van der Waals surface area contributed by atoms with Gasteiger partial charge in [0.2, 0.25) is 0 Å². The van der Waals surface area contributed by atoms with Crippen LogP contribution in [-0.4, -0.2) is 34.6 Å². The number of carbonyl (C=O) groups is 2. The van der Waals surface area contributed by atoms with E-state index in [9.17, 15) is 10.2 Å². The number of aryl methyl sites for hydroxylation is 4. The zero-order valence-electron chi connectivity index (χ0n) is 27.2. The van der Waals surface area contributed by atoms with E-state index < -0.39 is 11.9 Å². The quantitative estimate of drug-likeness (QED) is 0.231. The Kier molecular flexibility index (Phi) is 20.6. The molecule has 0 aromatic heterocycles. The van der Waals surface area contributed by atoms with Crippen LogP contribution >= 0.6 is 0 Å². The summed E-state index contributed by atoms with van der Waals surface area (Å²) in [6, 6.07) is 16.0. The molecule has 245 valence electrons. The second-order valence-electron chi connectivity index (χ2n) is 10.4. The Labute approximate surface area is 278 Å². The van der Waals surface area contributed by atoms with Crippen LogP contribution in [-0.2, 0) is 52.1 Å². The number of aromatic hydroxyl groups is 2. The van der Waals surface area contributed by atoms with Crippen LogP contribution in [0.25, 0.3) is 0 Å². The maximum absolute atomic E-state index is 10.8. The van der Waals surface area contributed by atoms with Crippen LogP contribution in [0.4, 0.5) is 11.4 Å². The van der Waals surface area contributed by atoms with Gasteiger partial charge in [0.1, 0.15) is 11.5 Å². The maximum Gasteiger partial charge on any atom is 2.00 e. The van der Waals surface area contributed by atoms with E-state index in [0.29, 0.717) is 22.9 Å². The molecule has 0 unspecified atom stereocenters. The second kappa shape index (κ2) is 22.5. The average Bonchev–Trinajstić information content (AvgIpc) is 2.95. The standard InChI is InChI=1S/C32H40N2O2.2C2H4O2.Co/c1-5-11-23-17-25(13-7-3)31(35)27(19-23)21-33-29-15-9-10-16-30(29)34-22-28-20-24(12-6-2)18-26(14-8-4)32(28)36;2*1-2(3)4;/h9-10,15-22,35-36H,5-8,11-14H2,1-4H3;2*1H3,(H,3,4);/q;;;+2/p-2. The smallest absolute Gasteiger partial charge is 0.550 e. The van der Waals surface area contributed by atoms with E-state index in [4.69, 9.17) is 29.8 Å². The van der Waals surface area contributed by atoms with E-state index in [1.54, 1.807) is 12.4 Å². The van der Waals surface area contributed by atoms with Gasteiger partial charge < -0.3 is 30.0 Å². The number of carboxylic acids is 2. The van der Waals surface area contributed by atoms with Gasteiger partial charge in [0.15, 0.2) is 0 Å². The van der Waals surface area contributed by atoms with E-state index in [2.05, 4.69) is 39.8 Å². The Morgan fingerprint density at radius 2 is 0.956 bits per heavy atom. The Balaban J connectivity index is 0.00000192. The first kappa shape index (κ1) is 41.0. The second-order valence-corrected chi connectivity index (χ2v) is 10.4. The number of hydrogen-bond acceptors (Lipinski definition) is 8. The van der Waals surface area contributed by atoms with Crippen LogP contribution in [0, 0.1) is 0 Å². The minimum absolute atomic E-state index is 0. The van der Waals surface area contributed by atoms with Crippen molar-refractivity contribution in [2.24, 2.45) is 9.98 Å². The zero-order valence-corrected chi connectivity index (χ0v) is 28.2. The summed E-state index contributed by atoms with van der Waals surface area (Å²) in [7, 11) is 0. The summed E-state index contributed by atoms with van der Waals surface area (Å²) in [6.45, 7) is 10.5. The molecule has 0 aliphatic carbocycles. The molecule has 8 nitrogen and oxygen atoms in total. The number of hydrogen-bond donors (Lipinski definition) is 2. The fraction of sp³-hybridized carbons (Fsp3) is 0.389. The molecule has 1 radical (unpaired) electrons. The largest absolute Gasteiger partial charge is 2.00 e. The molecule has 9 heteroatoms. The predicted octanol–water partition coefficient (Wildman–Crippen LogP) is 5.92. The average molecular weight is 662 g/mol. The molecule has 0 aliphatic rings. The maximum atomic E-state index is 10.8. The van der Waals surface area contributed by atoms with Crippen molar-refractivity contribution in [1.82, 2.24) is 0 Å². The first-order chi connectivity index (χ1) is 21.0. The molecule has 0 atom stereocenters. The van der Waals surface area contributed by atoms with Gasteiger partial charge in [-0.2, -0.15) is 0 Å². The van der Waals surface area contributed by atoms with E-state index in [1.807, 2.05) is 36.4 Å². The molecule has 0 saturated carbocycles. The van der Waals surface area contributed by atoms with Gasteiger partial charge in [-0.1, -0.05) is 77.6 Å². The molecular weight excluding hydrogens is 615 g/mol. The van der Waals surface area contributed by atoms with Gasteiger partial charge in [0.25, 0.3) is 0 Å². The number of phenols is 2. The summed E-state index contributed by atoms with van der Waals surface area (Å²) in [5.41, 5.74) is 7.28. The number of aliphatic carboxylic acids is 2. The third kappa shape index (κ3) is 15.6. The molecule has 0 fully saturated rings. The zero-order chi connectivity index (χ0) is 33.1. The van der Waals surface area contributed by atoms with Crippen molar-refractivity contribution in [2.45, 2.75) is 92.9 Å². The van der Waals surface area contributed by atoms with Gasteiger partial charge >= 0.3 is 16.8 Å². The first-order valence-electron chi connectivity index (χ1n) is 15.2. The number of nitrogens with zero attached hydrogens (tertiary/aromatic N) is 2. The molecule has 0 spiro atoms. The fourth-order valence-corrected chi connectivity index (χ4v) is 4.52. The minimum atomic E-state index is -1.08. The topological polar surface area (TPSA) is 145 Å². The Morgan fingerprint density at radius 1 is 0.644 bits per heavy atom. The molecule has 45 heavy (non-hydrogen) atoms. The molecular formula is C36H46CoN2O6. The van der Waals surface area contributed by atoms with Gasteiger partial charge in [0, 0.05) is 35.5 Å². The number of phenolic OH excluding ortho intramolecular Hbond substituents is 2. The van der Waals surface area contributed by atoms with Crippen LogP contribution in [0.15, 0.2) is 58.5 Å². The van der Waals surface area contributed by atoms with Gasteiger partial charge in [-0.15, -0.1) is 0 Å². The number of aliphatic imine (C=N–C) groups is 2. The molecule has 0 heterocycles. The third-order valence-corrected chi connectivity index (χ3v) is 6.24. The van der Waals surface area contributed by atoms with Crippen LogP contribution in [0.5, 0.6) is 11.5 Å². The van der Waals surface area contributed by atoms with Gasteiger partial charge in [-0.3, -0.25) is 9.98 Å². The number of benzene rings is 3. The normalized spacial score (nSPS) is 10.4. The van der Waals surface area contributed by atoms with Crippen molar-refractivity contribution in [3.63, 3.8) is 0 Å². The van der Waals surface area contributed by atoms with Crippen molar-refractivity contribution in [1.29, 1.82) is 0 Å². The minimum Gasteiger partial charge on any atom is -0.550 e. The molecule has 0 bridgehead atoms.